The van der Waals surface area contributed by atoms with Crippen LogP contribution in [0.15, 0.2) is 29.9 Å². The molecular weight excluding hydrogens is 326 g/mol. The van der Waals surface area contributed by atoms with Crippen molar-refractivity contribution in [2.24, 2.45) is 13.0 Å². The van der Waals surface area contributed by atoms with Gasteiger partial charge in [0.05, 0.1) is 17.0 Å². The SMILES string of the molecule is Cn1cc([C@H]2CNC[C@@H]2C(=O)NCCNC(=O)c2cccs2)cn1. The first-order valence-electron chi connectivity index (χ1n) is 7.94. The van der Waals surface area contributed by atoms with Crippen molar-refractivity contribution in [1.82, 2.24) is 25.7 Å². The van der Waals surface area contributed by atoms with Crippen LogP contribution >= 0.6 is 11.3 Å². The number of thiophene rings is 1. The van der Waals surface area contributed by atoms with Crippen LogP contribution in [-0.4, -0.2) is 47.8 Å². The molecule has 128 valence electrons. The Labute approximate surface area is 144 Å². The molecule has 0 unspecified atom stereocenters. The smallest absolute Gasteiger partial charge is 0.261 e. The summed E-state index contributed by atoms with van der Waals surface area (Å²) < 4.78 is 1.75. The van der Waals surface area contributed by atoms with E-state index in [2.05, 4.69) is 21.0 Å². The van der Waals surface area contributed by atoms with Crippen LogP contribution in [0.5, 0.6) is 0 Å². The molecule has 1 saturated heterocycles. The fraction of sp³-hybridized carbons (Fsp3) is 0.438. The van der Waals surface area contributed by atoms with Gasteiger partial charge in [0.2, 0.25) is 5.91 Å². The number of carbonyl (C=O) groups excluding carboxylic acids is 2. The highest BCUT2D eigenvalue weighted by Gasteiger charge is 2.34. The van der Waals surface area contributed by atoms with Crippen molar-refractivity contribution in [3.05, 3.63) is 40.3 Å². The van der Waals surface area contributed by atoms with Crippen molar-refractivity contribution >= 4 is 23.2 Å². The van der Waals surface area contributed by atoms with Crippen molar-refractivity contribution in [3.63, 3.8) is 0 Å². The summed E-state index contributed by atoms with van der Waals surface area (Å²) in [6.07, 6.45) is 3.78. The van der Waals surface area contributed by atoms with E-state index in [1.54, 1.807) is 10.7 Å². The molecule has 3 rings (SSSR count). The molecule has 2 aromatic rings. The Balaban J connectivity index is 1.45. The Morgan fingerprint density at radius 2 is 2.21 bits per heavy atom. The van der Waals surface area contributed by atoms with E-state index >= 15 is 0 Å². The van der Waals surface area contributed by atoms with Gasteiger partial charge >= 0.3 is 0 Å². The van der Waals surface area contributed by atoms with E-state index in [1.165, 1.54) is 11.3 Å². The molecule has 1 fully saturated rings. The minimum absolute atomic E-state index is 0.0132. The van der Waals surface area contributed by atoms with Crippen LogP contribution in [0.2, 0.25) is 0 Å². The standard InChI is InChI=1S/C16H21N5O2S/c1-21-10-11(7-20-21)12-8-17-9-13(12)15(22)18-4-5-19-16(23)14-3-2-6-24-14/h2-3,6-7,10,12-13,17H,4-5,8-9H2,1H3,(H,18,22)(H,19,23)/t12-,13+/m1/s1. The number of hydrogen-bond acceptors (Lipinski definition) is 5. The zero-order chi connectivity index (χ0) is 16.9. The maximum atomic E-state index is 12.4. The van der Waals surface area contributed by atoms with Gasteiger partial charge in [-0.15, -0.1) is 11.3 Å². The topological polar surface area (TPSA) is 88.0 Å². The largest absolute Gasteiger partial charge is 0.354 e. The first kappa shape index (κ1) is 16.7. The molecule has 3 heterocycles. The van der Waals surface area contributed by atoms with E-state index in [-0.39, 0.29) is 23.7 Å². The van der Waals surface area contributed by atoms with Gasteiger partial charge in [-0.05, 0) is 17.0 Å². The van der Waals surface area contributed by atoms with Gasteiger partial charge in [0.25, 0.3) is 5.91 Å². The second-order valence-corrected chi connectivity index (χ2v) is 6.79. The monoisotopic (exact) mass is 347 g/mol. The van der Waals surface area contributed by atoms with Gasteiger partial charge in [-0.3, -0.25) is 14.3 Å². The number of aryl methyl sites for hydroxylation is 1. The Morgan fingerprint density at radius 3 is 2.92 bits per heavy atom. The Hall–Kier alpha value is -2.19. The molecule has 0 spiro atoms. The maximum absolute atomic E-state index is 12.4. The third-order valence-electron chi connectivity index (χ3n) is 4.16. The molecule has 1 aliphatic rings. The summed E-state index contributed by atoms with van der Waals surface area (Å²) in [7, 11) is 1.87. The first-order valence-corrected chi connectivity index (χ1v) is 8.82. The molecule has 7 nitrogen and oxygen atoms in total. The van der Waals surface area contributed by atoms with E-state index in [9.17, 15) is 9.59 Å². The van der Waals surface area contributed by atoms with Crippen LogP contribution in [0.4, 0.5) is 0 Å². The fourth-order valence-electron chi connectivity index (χ4n) is 2.92. The third-order valence-corrected chi connectivity index (χ3v) is 5.03. The molecule has 2 atom stereocenters. The molecule has 24 heavy (non-hydrogen) atoms. The Bertz CT molecular complexity index is 697. The number of nitrogens with zero attached hydrogens (tertiary/aromatic N) is 2. The Kier molecular flexibility index (Phi) is 5.27. The number of aromatic nitrogens is 2. The van der Waals surface area contributed by atoms with Crippen molar-refractivity contribution in [2.75, 3.05) is 26.2 Å². The average Bonchev–Trinajstić information content (AvgIpc) is 3.30. The number of hydrogen-bond donors (Lipinski definition) is 3. The van der Waals surface area contributed by atoms with Crippen molar-refractivity contribution in [2.45, 2.75) is 5.92 Å². The zero-order valence-corrected chi connectivity index (χ0v) is 14.3. The fourth-order valence-corrected chi connectivity index (χ4v) is 3.56. The quantitative estimate of drug-likeness (QED) is 0.657. The molecule has 3 N–H and O–H groups in total. The van der Waals surface area contributed by atoms with Gasteiger partial charge < -0.3 is 16.0 Å². The van der Waals surface area contributed by atoms with Gasteiger partial charge in [-0.1, -0.05) is 6.07 Å². The van der Waals surface area contributed by atoms with Crippen LogP contribution < -0.4 is 16.0 Å². The molecule has 0 saturated carbocycles. The minimum Gasteiger partial charge on any atom is -0.354 e. The van der Waals surface area contributed by atoms with Crippen molar-refractivity contribution in [1.29, 1.82) is 0 Å². The van der Waals surface area contributed by atoms with Crippen molar-refractivity contribution < 1.29 is 9.59 Å². The van der Waals surface area contributed by atoms with E-state index in [4.69, 9.17) is 0 Å². The lowest BCUT2D eigenvalue weighted by molar-refractivity contribution is -0.124. The van der Waals surface area contributed by atoms with Crippen LogP contribution in [0.25, 0.3) is 0 Å². The van der Waals surface area contributed by atoms with E-state index in [0.29, 0.717) is 24.5 Å². The van der Waals surface area contributed by atoms with Crippen LogP contribution in [0.3, 0.4) is 0 Å². The van der Waals surface area contributed by atoms with Crippen LogP contribution in [0.1, 0.15) is 21.2 Å². The van der Waals surface area contributed by atoms with Gasteiger partial charge in [0, 0.05) is 45.3 Å². The van der Waals surface area contributed by atoms with Gasteiger partial charge in [0.1, 0.15) is 0 Å². The third kappa shape index (κ3) is 3.82. The summed E-state index contributed by atoms with van der Waals surface area (Å²) in [5.41, 5.74) is 1.08. The molecule has 2 aromatic heterocycles. The van der Waals surface area contributed by atoms with Gasteiger partial charge in [0.15, 0.2) is 0 Å². The second kappa shape index (κ2) is 7.59. The summed E-state index contributed by atoms with van der Waals surface area (Å²) >= 11 is 1.40. The molecule has 0 radical (unpaired) electrons. The molecule has 0 aromatic carbocycles. The van der Waals surface area contributed by atoms with E-state index in [1.807, 2.05) is 30.9 Å². The molecule has 2 amide bonds. The number of rotatable bonds is 6. The summed E-state index contributed by atoms with van der Waals surface area (Å²) in [6, 6.07) is 3.62. The van der Waals surface area contributed by atoms with Gasteiger partial charge in [-0.25, -0.2) is 0 Å². The minimum atomic E-state index is -0.109. The lowest BCUT2D eigenvalue weighted by atomic mass is 9.90. The molecule has 1 aliphatic heterocycles. The number of carbonyl (C=O) groups is 2. The average molecular weight is 347 g/mol. The number of amides is 2. The summed E-state index contributed by atoms with van der Waals surface area (Å²) in [6.45, 7) is 2.28. The molecule has 0 aliphatic carbocycles. The maximum Gasteiger partial charge on any atom is 0.261 e. The highest BCUT2D eigenvalue weighted by molar-refractivity contribution is 7.12. The molecule has 0 bridgehead atoms. The first-order chi connectivity index (χ1) is 11.6. The highest BCUT2D eigenvalue weighted by Crippen LogP contribution is 2.27. The van der Waals surface area contributed by atoms with Crippen LogP contribution in [-0.2, 0) is 11.8 Å². The predicted octanol–water partition coefficient (Wildman–Crippen LogP) is 0.331. The van der Waals surface area contributed by atoms with Crippen molar-refractivity contribution in [3.8, 4) is 0 Å². The number of nitrogens with one attached hydrogen (secondary N) is 3. The molecule has 8 heteroatoms. The highest BCUT2D eigenvalue weighted by atomic mass is 32.1. The lowest BCUT2D eigenvalue weighted by Gasteiger charge is -2.17. The summed E-state index contributed by atoms with van der Waals surface area (Å²) in [5, 5.41) is 15.0. The summed E-state index contributed by atoms with van der Waals surface area (Å²) in [5.74, 6) is -0.0594. The van der Waals surface area contributed by atoms with Crippen LogP contribution in [0, 0.1) is 5.92 Å². The second-order valence-electron chi connectivity index (χ2n) is 5.84. The van der Waals surface area contributed by atoms with Gasteiger partial charge in [-0.2, -0.15) is 5.10 Å². The lowest BCUT2D eigenvalue weighted by Crippen LogP contribution is -2.39. The van der Waals surface area contributed by atoms with E-state index < -0.39 is 0 Å². The predicted molar refractivity (Wildman–Crippen MR) is 92.0 cm³/mol. The van der Waals surface area contributed by atoms with E-state index in [0.717, 1.165) is 12.1 Å². The molecular formula is C16H21N5O2S. The zero-order valence-electron chi connectivity index (χ0n) is 13.5. The normalized spacial score (nSPS) is 20.0. The summed E-state index contributed by atoms with van der Waals surface area (Å²) in [4.78, 5) is 24.9. The Morgan fingerprint density at radius 1 is 1.38 bits per heavy atom.